The summed E-state index contributed by atoms with van der Waals surface area (Å²) in [5, 5.41) is 0.688. The predicted molar refractivity (Wildman–Crippen MR) is 89.4 cm³/mol. The van der Waals surface area contributed by atoms with Crippen molar-refractivity contribution in [2.75, 3.05) is 7.11 Å². The Morgan fingerprint density at radius 2 is 1.90 bits per heavy atom. The van der Waals surface area contributed by atoms with Crippen molar-refractivity contribution >= 4 is 28.8 Å². The Labute approximate surface area is 134 Å². The molecule has 21 heavy (non-hydrogen) atoms. The molecule has 0 aliphatic carbocycles. The van der Waals surface area contributed by atoms with Gasteiger partial charge in [0.1, 0.15) is 23.1 Å². The van der Waals surface area contributed by atoms with Crippen molar-refractivity contribution in [1.82, 2.24) is 0 Å². The third-order valence-corrected chi connectivity index (χ3v) is 3.56. The number of ether oxygens (including phenoxy) is 2. The fraction of sp³-hybridized carbons (Fsp3) is 0.188. The molecule has 0 aliphatic rings. The van der Waals surface area contributed by atoms with Gasteiger partial charge in [0.05, 0.1) is 7.11 Å². The second kappa shape index (κ2) is 6.78. The lowest BCUT2D eigenvalue weighted by Crippen LogP contribution is -2.10. The molecular formula is C16H16ClNO2S. The molecule has 5 heteroatoms. The minimum absolute atomic E-state index is 0.349. The van der Waals surface area contributed by atoms with E-state index in [1.54, 1.807) is 13.2 Å². The standard InChI is InChI=1S/C16H16ClNO2S/c1-10-7-13(17)4-6-14(10)20-9-12-8-11(16(18)21)3-5-15(12)19-2/h3-8H,9H2,1-2H3,(H2,18,21). The summed E-state index contributed by atoms with van der Waals surface area (Å²) < 4.78 is 11.2. The summed E-state index contributed by atoms with van der Waals surface area (Å²) in [6, 6.07) is 11.1. The van der Waals surface area contributed by atoms with Gasteiger partial charge in [-0.1, -0.05) is 23.8 Å². The van der Waals surface area contributed by atoms with Crippen molar-refractivity contribution in [1.29, 1.82) is 0 Å². The molecule has 0 amide bonds. The zero-order valence-corrected chi connectivity index (χ0v) is 13.4. The van der Waals surface area contributed by atoms with Crippen molar-refractivity contribution in [3.05, 3.63) is 58.1 Å². The molecule has 2 rings (SSSR count). The largest absolute Gasteiger partial charge is 0.496 e. The minimum atomic E-state index is 0.349. The molecule has 0 aliphatic heterocycles. The summed E-state index contributed by atoms with van der Waals surface area (Å²) >= 11 is 10.9. The van der Waals surface area contributed by atoms with Gasteiger partial charge in [0.25, 0.3) is 0 Å². The number of nitrogens with two attached hydrogens (primary N) is 1. The number of thiocarbonyl (C=S) groups is 1. The summed E-state index contributed by atoms with van der Waals surface area (Å²) in [5.41, 5.74) is 8.31. The molecule has 0 saturated carbocycles. The maximum Gasteiger partial charge on any atom is 0.125 e. The fourth-order valence-electron chi connectivity index (χ4n) is 1.97. The van der Waals surface area contributed by atoms with Crippen molar-refractivity contribution in [3.8, 4) is 11.5 Å². The summed E-state index contributed by atoms with van der Waals surface area (Å²) in [7, 11) is 1.62. The highest BCUT2D eigenvalue weighted by atomic mass is 35.5. The van der Waals surface area contributed by atoms with Crippen molar-refractivity contribution in [2.24, 2.45) is 5.73 Å². The average Bonchev–Trinajstić information content (AvgIpc) is 2.46. The number of methoxy groups -OCH3 is 1. The molecule has 0 radical (unpaired) electrons. The van der Waals surface area contributed by atoms with Crippen LogP contribution in [-0.2, 0) is 6.61 Å². The first kappa shape index (κ1) is 15.6. The van der Waals surface area contributed by atoms with Crippen molar-refractivity contribution < 1.29 is 9.47 Å². The monoisotopic (exact) mass is 321 g/mol. The topological polar surface area (TPSA) is 44.5 Å². The van der Waals surface area contributed by atoms with Crippen LogP contribution in [0.3, 0.4) is 0 Å². The van der Waals surface area contributed by atoms with Crippen LogP contribution in [0, 0.1) is 6.92 Å². The van der Waals surface area contributed by atoms with E-state index in [4.69, 9.17) is 39.0 Å². The molecule has 0 spiro atoms. The summed E-state index contributed by atoms with van der Waals surface area (Å²) in [4.78, 5) is 0.349. The Balaban J connectivity index is 2.22. The smallest absolute Gasteiger partial charge is 0.125 e. The number of aryl methyl sites for hydroxylation is 1. The van der Waals surface area contributed by atoms with Crippen LogP contribution in [0.2, 0.25) is 5.02 Å². The number of halogens is 1. The summed E-state index contributed by atoms with van der Waals surface area (Å²) in [6.45, 7) is 2.31. The molecule has 0 atom stereocenters. The van der Waals surface area contributed by atoms with E-state index >= 15 is 0 Å². The van der Waals surface area contributed by atoms with Crippen molar-refractivity contribution in [2.45, 2.75) is 13.5 Å². The number of benzene rings is 2. The van der Waals surface area contributed by atoms with Crippen LogP contribution in [0.1, 0.15) is 16.7 Å². The second-order valence-corrected chi connectivity index (χ2v) is 5.47. The molecule has 2 aromatic carbocycles. The SMILES string of the molecule is COc1ccc(C(N)=S)cc1COc1ccc(Cl)cc1C. The third-order valence-electron chi connectivity index (χ3n) is 3.09. The van der Waals surface area contributed by atoms with Crippen LogP contribution in [0.25, 0.3) is 0 Å². The van der Waals surface area contributed by atoms with Gasteiger partial charge in [0.2, 0.25) is 0 Å². The van der Waals surface area contributed by atoms with Gasteiger partial charge in [-0.25, -0.2) is 0 Å². The minimum Gasteiger partial charge on any atom is -0.496 e. The van der Waals surface area contributed by atoms with Crippen LogP contribution in [0.5, 0.6) is 11.5 Å². The van der Waals surface area contributed by atoms with E-state index in [2.05, 4.69) is 0 Å². The van der Waals surface area contributed by atoms with Gasteiger partial charge in [-0.05, 0) is 48.9 Å². The van der Waals surface area contributed by atoms with E-state index in [0.717, 1.165) is 28.2 Å². The lowest BCUT2D eigenvalue weighted by atomic mass is 10.1. The van der Waals surface area contributed by atoms with Gasteiger partial charge in [-0.15, -0.1) is 0 Å². The van der Waals surface area contributed by atoms with E-state index in [1.807, 2.05) is 37.3 Å². The van der Waals surface area contributed by atoms with Crippen LogP contribution in [0.4, 0.5) is 0 Å². The highest BCUT2D eigenvalue weighted by molar-refractivity contribution is 7.80. The van der Waals surface area contributed by atoms with Gasteiger partial charge in [-0.2, -0.15) is 0 Å². The maximum atomic E-state index is 5.93. The third kappa shape index (κ3) is 3.86. The first-order valence-corrected chi connectivity index (χ1v) is 7.15. The van der Waals surface area contributed by atoms with E-state index < -0.39 is 0 Å². The van der Waals surface area contributed by atoms with Gasteiger partial charge >= 0.3 is 0 Å². The van der Waals surface area contributed by atoms with E-state index in [9.17, 15) is 0 Å². The zero-order chi connectivity index (χ0) is 15.4. The molecule has 3 nitrogen and oxygen atoms in total. The number of hydrogen-bond acceptors (Lipinski definition) is 3. The molecule has 2 aromatic rings. The molecular weight excluding hydrogens is 306 g/mol. The molecule has 2 N–H and O–H groups in total. The fourth-order valence-corrected chi connectivity index (χ4v) is 2.33. The van der Waals surface area contributed by atoms with Crippen LogP contribution >= 0.6 is 23.8 Å². The highest BCUT2D eigenvalue weighted by Gasteiger charge is 2.08. The first-order valence-electron chi connectivity index (χ1n) is 6.37. The number of rotatable bonds is 5. The Kier molecular flexibility index (Phi) is 5.04. The average molecular weight is 322 g/mol. The van der Waals surface area contributed by atoms with E-state index in [1.165, 1.54) is 0 Å². The molecule has 0 heterocycles. The van der Waals surface area contributed by atoms with E-state index in [0.29, 0.717) is 16.6 Å². The quantitative estimate of drug-likeness (QED) is 0.849. The summed E-state index contributed by atoms with van der Waals surface area (Å²) in [6.07, 6.45) is 0. The summed E-state index contributed by atoms with van der Waals surface area (Å²) in [5.74, 6) is 1.52. The number of hydrogen-bond donors (Lipinski definition) is 1. The molecule has 0 saturated heterocycles. The van der Waals surface area contributed by atoms with Gasteiger partial charge in [0, 0.05) is 16.1 Å². The van der Waals surface area contributed by atoms with Gasteiger partial charge in [0.15, 0.2) is 0 Å². The lowest BCUT2D eigenvalue weighted by molar-refractivity contribution is 0.295. The molecule has 110 valence electrons. The molecule has 0 unspecified atom stereocenters. The van der Waals surface area contributed by atoms with Gasteiger partial charge < -0.3 is 15.2 Å². The molecule has 0 fully saturated rings. The maximum absolute atomic E-state index is 5.93. The Bertz CT molecular complexity index is 673. The first-order chi connectivity index (χ1) is 10.0. The molecule has 0 bridgehead atoms. The second-order valence-electron chi connectivity index (χ2n) is 4.59. The predicted octanol–water partition coefficient (Wildman–Crippen LogP) is 3.87. The zero-order valence-electron chi connectivity index (χ0n) is 11.9. The van der Waals surface area contributed by atoms with E-state index in [-0.39, 0.29) is 0 Å². The van der Waals surface area contributed by atoms with Crippen LogP contribution in [-0.4, -0.2) is 12.1 Å². The highest BCUT2D eigenvalue weighted by Crippen LogP contribution is 2.25. The van der Waals surface area contributed by atoms with Gasteiger partial charge in [-0.3, -0.25) is 0 Å². The Morgan fingerprint density at radius 1 is 1.19 bits per heavy atom. The van der Waals surface area contributed by atoms with Crippen LogP contribution < -0.4 is 15.2 Å². The normalized spacial score (nSPS) is 10.2. The molecule has 0 aromatic heterocycles. The Morgan fingerprint density at radius 3 is 2.52 bits per heavy atom. The lowest BCUT2D eigenvalue weighted by Gasteiger charge is -2.13. The van der Waals surface area contributed by atoms with Crippen LogP contribution in [0.15, 0.2) is 36.4 Å². The van der Waals surface area contributed by atoms with Crippen molar-refractivity contribution in [3.63, 3.8) is 0 Å². The Hall–Kier alpha value is -1.78.